The summed E-state index contributed by atoms with van der Waals surface area (Å²) >= 11 is 0. The van der Waals surface area contributed by atoms with Crippen LogP contribution in [0.4, 0.5) is 0 Å². The van der Waals surface area contributed by atoms with Gasteiger partial charge in [0.25, 0.3) is 0 Å². The minimum absolute atomic E-state index is 0. The minimum Gasteiger partial charge on any atom is -0.377 e. The Bertz CT molecular complexity index is 843. The van der Waals surface area contributed by atoms with Crippen LogP contribution in [-0.2, 0) is 29.1 Å². The summed E-state index contributed by atoms with van der Waals surface area (Å²) in [6.07, 6.45) is 1.50. The first-order valence-electron chi connectivity index (χ1n) is 11.1. The Kier molecular flexibility index (Phi) is 11.5. The maximum Gasteiger partial charge on any atom is 0.223 e. The van der Waals surface area contributed by atoms with Crippen molar-refractivity contribution in [2.24, 2.45) is 10.9 Å². The summed E-state index contributed by atoms with van der Waals surface area (Å²) in [5.41, 5.74) is 3.63. The Morgan fingerprint density at radius 2 is 1.78 bits per heavy atom. The van der Waals surface area contributed by atoms with E-state index in [1.807, 2.05) is 30.0 Å². The third kappa shape index (κ3) is 8.43. The van der Waals surface area contributed by atoms with E-state index in [9.17, 15) is 4.79 Å². The molecule has 2 N–H and O–H groups in total. The van der Waals surface area contributed by atoms with Gasteiger partial charge in [-0.05, 0) is 30.0 Å². The van der Waals surface area contributed by atoms with Gasteiger partial charge in [-0.25, -0.2) is 0 Å². The van der Waals surface area contributed by atoms with Crippen LogP contribution < -0.4 is 10.6 Å². The number of halogens is 1. The lowest BCUT2D eigenvalue weighted by Crippen LogP contribution is -2.40. The Morgan fingerprint density at radius 3 is 2.47 bits per heavy atom. The van der Waals surface area contributed by atoms with Crippen LogP contribution in [0.25, 0.3) is 0 Å². The van der Waals surface area contributed by atoms with Crippen molar-refractivity contribution in [3.63, 3.8) is 0 Å². The molecule has 7 heteroatoms. The molecule has 0 aromatic heterocycles. The summed E-state index contributed by atoms with van der Waals surface area (Å²) in [4.78, 5) is 18.7. The number of benzene rings is 2. The van der Waals surface area contributed by atoms with Crippen molar-refractivity contribution in [3.05, 3.63) is 71.3 Å². The molecule has 2 aromatic carbocycles. The minimum atomic E-state index is 0. The number of likely N-dealkylation sites (tertiary alicyclic amines) is 1. The summed E-state index contributed by atoms with van der Waals surface area (Å²) in [5.74, 6) is 1.31. The number of ether oxygens (including phenoxy) is 1. The standard InChI is InChI=1S/C25H34N4O2.HI/c1-3-31-19-22-11-9-21(10-12-22)16-27-25(26-2)28-17-23-15-24(30)29(18-23)14-13-20-7-5-4-6-8-20;/h4-12,23H,3,13-19H2,1-2H3,(H2,26,27,28);1H. The smallest absolute Gasteiger partial charge is 0.223 e. The number of hydrogen-bond donors (Lipinski definition) is 2. The van der Waals surface area contributed by atoms with Gasteiger partial charge in [-0.2, -0.15) is 0 Å². The average molecular weight is 550 g/mol. The van der Waals surface area contributed by atoms with Gasteiger partial charge in [-0.15, -0.1) is 24.0 Å². The van der Waals surface area contributed by atoms with Crippen LogP contribution >= 0.6 is 24.0 Å². The zero-order chi connectivity index (χ0) is 21.9. The number of hydrogen-bond acceptors (Lipinski definition) is 3. The highest BCUT2D eigenvalue weighted by atomic mass is 127. The first kappa shape index (κ1) is 26.1. The lowest BCUT2D eigenvalue weighted by atomic mass is 10.1. The quantitative estimate of drug-likeness (QED) is 0.270. The second-order valence-corrected chi connectivity index (χ2v) is 7.91. The van der Waals surface area contributed by atoms with Crippen LogP contribution in [0.3, 0.4) is 0 Å². The second kappa shape index (κ2) is 14.1. The topological polar surface area (TPSA) is 66.0 Å². The lowest BCUT2D eigenvalue weighted by molar-refractivity contribution is -0.127. The predicted molar refractivity (Wildman–Crippen MR) is 140 cm³/mol. The van der Waals surface area contributed by atoms with Gasteiger partial charge in [0, 0.05) is 52.2 Å². The van der Waals surface area contributed by atoms with Crippen molar-refractivity contribution in [1.82, 2.24) is 15.5 Å². The molecule has 32 heavy (non-hydrogen) atoms. The van der Waals surface area contributed by atoms with Crippen LogP contribution in [0.15, 0.2) is 59.6 Å². The highest BCUT2D eigenvalue weighted by Gasteiger charge is 2.29. The number of nitrogens with one attached hydrogen (secondary N) is 2. The van der Waals surface area contributed by atoms with E-state index in [4.69, 9.17) is 4.74 Å². The van der Waals surface area contributed by atoms with E-state index >= 15 is 0 Å². The number of guanidine groups is 1. The average Bonchev–Trinajstić information content (AvgIpc) is 3.17. The molecule has 3 rings (SSSR count). The van der Waals surface area contributed by atoms with Crippen molar-refractivity contribution in [3.8, 4) is 0 Å². The van der Waals surface area contributed by atoms with E-state index in [0.29, 0.717) is 25.5 Å². The zero-order valence-electron chi connectivity index (χ0n) is 19.0. The van der Waals surface area contributed by atoms with Crippen molar-refractivity contribution >= 4 is 35.8 Å². The third-order valence-electron chi connectivity index (χ3n) is 5.55. The highest BCUT2D eigenvalue weighted by Crippen LogP contribution is 2.17. The molecular weight excluding hydrogens is 515 g/mol. The first-order valence-corrected chi connectivity index (χ1v) is 11.1. The monoisotopic (exact) mass is 550 g/mol. The molecule has 1 atom stereocenters. The normalized spacial score (nSPS) is 16.1. The van der Waals surface area contributed by atoms with E-state index in [-0.39, 0.29) is 29.9 Å². The molecule has 0 bridgehead atoms. The van der Waals surface area contributed by atoms with Crippen molar-refractivity contribution in [2.45, 2.75) is 32.9 Å². The molecular formula is C25H35IN4O2. The fourth-order valence-electron chi connectivity index (χ4n) is 3.74. The number of rotatable bonds is 10. The second-order valence-electron chi connectivity index (χ2n) is 7.91. The van der Waals surface area contributed by atoms with E-state index in [0.717, 1.165) is 38.6 Å². The first-order chi connectivity index (χ1) is 15.2. The largest absolute Gasteiger partial charge is 0.377 e. The molecule has 1 unspecified atom stereocenters. The molecule has 0 radical (unpaired) electrons. The van der Waals surface area contributed by atoms with Gasteiger partial charge < -0.3 is 20.3 Å². The van der Waals surface area contributed by atoms with Gasteiger partial charge in [0.2, 0.25) is 5.91 Å². The van der Waals surface area contributed by atoms with Crippen molar-refractivity contribution < 1.29 is 9.53 Å². The van der Waals surface area contributed by atoms with Gasteiger partial charge in [0.05, 0.1) is 6.61 Å². The van der Waals surface area contributed by atoms with Crippen LogP contribution in [0.1, 0.15) is 30.0 Å². The fraction of sp³-hybridized carbons (Fsp3) is 0.440. The SMILES string of the molecule is CCOCc1ccc(CNC(=NC)NCC2CC(=O)N(CCc3ccccc3)C2)cc1.I. The lowest BCUT2D eigenvalue weighted by Gasteiger charge is -2.18. The fourth-order valence-corrected chi connectivity index (χ4v) is 3.74. The summed E-state index contributed by atoms with van der Waals surface area (Å²) in [6, 6.07) is 18.7. The van der Waals surface area contributed by atoms with E-state index in [2.05, 4.69) is 52.0 Å². The highest BCUT2D eigenvalue weighted by molar-refractivity contribution is 14.0. The molecule has 1 saturated heterocycles. The van der Waals surface area contributed by atoms with Crippen LogP contribution in [0, 0.1) is 5.92 Å². The third-order valence-corrected chi connectivity index (χ3v) is 5.55. The molecule has 1 aliphatic rings. The van der Waals surface area contributed by atoms with Gasteiger partial charge >= 0.3 is 0 Å². The van der Waals surface area contributed by atoms with Gasteiger partial charge in [-0.1, -0.05) is 54.6 Å². The van der Waals surface area contributed by atoms with Gasteiger partial charge in [0.1, 0.15) is 0 Å². The van der Waals surface area contributed by atoms with Crippen LogP contribution in [0.2, 0.25) is 0 Å². The van der Waals surface area contributed by atoms with Crippen LogP contribution in [-0.4, -0.2) is 50.1 Å². The number of amides is 1. The van der Waals surface area contributed by atoms with Crippen LogP contribution in [0.5, 0.6) is 0 Å². The van der Waals surface area contributed by atoms with E-state index in [1.165, 1.54) is 16.7 Å². The summed E-state index contributed by atoms with van der Waals surface area (Å²) < 4.78 is 5.44. The Morgan fingerprint density at radius 1 is 1.06 bits per heavy atom. The Hall–Kier alpha value is -2.13. The molecule has 0 aliphatic carbocycles. The molecule has 1 aliphatic heterocycles. The summed E-state index contributed by atoms with van der Waals surface area (Å²) in [7, 11) is 1.77. The molecule has 1 fully saturated rings. The maximum absolute atomic E-state index is 12.4. The van der Waals surface area contributed by atoms with Crippen molar-refractivity contribution in [1.29, 1.82) is 0 Å². The summed E-state index contributed by atoms with van der Waals surface area (Å²) in [5, 5.41) is 6.73. The van der Waals surface area contributed by atoms with Gasteiger partial charge in [-0.3, -0.25) is 9.79 Å². The molecule has 6 nitrogen and oxygen atoms in total. The molecule has 174 valence electrons. The van der Waals surface area contributed by atoms with E-state index in [1.54, 1.807) is 7.05 Å². The molecule has 1 amide bonds. The number of carbonyl (C=O) groups is 1. The van der Waals surface area contributed by atoms with E-state index < -0.39 is 0 Å². The zero-order valence-corrected chi connectivity index (χ0v) is 21.4. The molecule has 0 saturated carbocycles. The molecule has 0 spiro atoms. The molecule has 1 heterocycles. The Balaban J connectivity index is 0.00000363. The number of aliphatic imine (C=N–C) groups is 1. The maximum atomic E-state index is 12.4. The number of carbonyl (C=O) groups excluding carboxylic acids is 1. The molecule has 2 aromatic rings. The van der Waals surface area contributed by atoms with Crippen molar-refractivity contribution in [2.75, 3.05) is 33.3 Å². The Labute approximate surface area is 208 Å². The number of nitrogens with zero attached hydrogens (tertiary/aromatic N) is 2. The van der Waals surface area contributed by atoms with Gasteiger partial charge in [0.15, 0.2) is 5.96 Å². The predicted octanol–water partition coefficient (Wildman–Crippen LogP) is 3.60. The summed E-state index contributed by atoms with van der Waals surface area (Å²) in [6.45, 7) is 6.39.